The molecule has 1 amide bonds. The van der Waals surface area contributed by atoms with Crippen LogP contribution in [0.1, 0.15) is 11.1 Å². The largest absolute Gasteiger partial charge is 0.471 e. The summed E-state index contributed by atoms with van der Waals surface area (Å²) in [6.45, 7) is 0.266. The lowest BCUT2D eigenvalue weighted by atomic mass is 10.1. The van der Waals surface area contributed by atoms with Crippen LogP contribution in [-0.2, 0) is 11.3 Å². The number of aliphatic imine (C=N–C) groups is 1. The van der Waals surface area contributed by atoms with E-state index in [0.717, 1.165) is 10.0 Å². The molecule has 90 valence electrons. The maximum atomic E-state index is 12.1. The zero-order valence-electron chi connectivity index (χ0n) is 8.31. The Kier molecular flexibility index (Phi) is 2.94. The van der Waals surface area contributed by atoms with E-state index in [4.69, 9.17) is 0 Å². The van der Waals surface area contributed by atoms with Gasteiger partial charge in [0, 0.05) is 10.0 Å². The average molecular weight is 307 g/mol. The van der Waals surface area contributed by atoms with Crippen molar-refractivity contribution in [3.8, 4) is 0 Å². The third-order valence-corrected chi connectivity index (χ3v) is 2.71. The van der Waals surface area contributed by atoms with Gasteiger partial charge in [-0.2, -0.15) is 13.2 Å². The molecule has 0 spiro atoms. The predicted octanol–water partition coefficient (Wildman–Crippen LogP) is 2.39. The second-order valence-electron chi connectivity index (χ2n) is 3.42. The van der Waals surface area contributed by atoms with Gasteiger partial charge in [0.15, 0.2) is 0 Å². The Bertz CT molecular complexity index is 511. The van der Waals surface area contributed by atoms with Gasteiger partial charge >= 0.3 is 12.1 Å². The van der Waals surface area contributed by atoms with Crippen LogP contribution in [0, 0.1) is 0 Å². The fourth-order valence-electron chi connectivity index (χ4n) is 1.46. The van der Waals surface area contributed by atoms with E-state index in [9.17, 15) is 18.0 Å². The van der Waals surface area contributed by atoms with E-state index in [1.807, 2.05) is 0 Å². The second kappa shape index (κ2) is 4.14. The fraction of sp³-hybridized carbons (Fsp3) is 0.200. The number of nitrogens with one attached hydrogen (secondary N) is 1. The summed E-state index contributed by atoms with van der Waals surface area (Å²) in [6, 6.07) is 5.05. The number of rotatable bonds is 0. The molecule has 0 bridgehead atoms. The first-order chi connectivity index (χ1) is 7.88. The number of amidine groups is 1. The topological polar surface area (TPSA) is 41.5 Å². The smallest absolute Gasteiger partial charge is 0.303 e. The molecular weight excluding hydrogens is 301 g/mol. The Morgan fingerprint density at radius 1 is 1.41 bits per heavy atom. The van der Waals surface area contributed by atoms with Gasteiger partial charge in [-0.3, -0.25) is 9.79 Å². The molecule has 0 radical (unpaired) electrons. The molecule has 1 heterocycles. The number of hydrogen-bond donors (Lipinski definition) is 1. The van der Waals surface area contributed by atoms with Crippen LogP contribution in [0.2, 0.25) is 0 Å². The monoisotopic (exact) mass is 306 g/mol. The quantitative estimate of drug-likeness (QED) is 0.785. The molecule has 2 rings (SSSR count). The summed E-state index contributed by atoms with van der Waals surface area (Å²) >= 11 is 3.25. The van der Waals surface area contributed by atoms with E-state index in [0.29, 0.717) is 5.56 Å². The number of carbonyl (C=O) groups excluding carboxylic acids is 1. The van der Waals surface area contributed by atoms with Crippen LogP contribution in [-0.4, -0.2) is 17.9 Å². The van der Waals surface area contributed by atoms with Crippen LogP contribution in [0.25, 0.3) is 0 Å². The molecule has 17 heavy (non-hydrogen) atoms. The van der Waals surface area contributed by atoms with Crippen LogP contribution in [0.15, 0.2) is 27.7 Å². The van der Waals surface area contributed by atoms with E-state index < -0.39 is 12.1 Å². The molecular formula is C10H6BrF3N2O. The molecule has 0 aromatic heterocycles. The zero-order valence-corrected chi connectivity index (χ0v) is 9.89. The minimum Gasteiger partial charge on any atom is -0.303 e. The first kappa shape index (κ1) is 12.1. The van der Waals surface area contributed by atoms with Crippen molar-refractivity contribution >= 4 is 27.7 Å². The zero-order chi connectivity index (χ0) is 12.6. The van der Waals surface area contributed by atoms with Gasteiger partial charge in [0.05, 0.1) is 6.54 Å². The van der Waals surface area contributed by atoms with Crippen LogP contribution in [0.4, 0.5) is 13.2 Å². The summed E-state index contributed by atoms with van der Waals surface area (Å²) in [6.07, 6.45) is -4.90. The highest BCUT2D eigenvalue weighted by atomic mass is 79.9. The molecule has 1 aromatic carbocycles. The number of halogens is 4. The van der Waals surface area contributed by atoms with Gasteiger partial charge in [0.2, 0.25) is 0 Å². The minimum atomic E-state index is -4.90. The Balaban J connectivity index is 2.20. The molecule has 1 aromatic rings. The number of fused-ring (bicyclic) bond motifs is 1. The second-order valence-corrected chi connectivity index (χ2v) is 4.33. The lowest BCUT2D eigenvalue weighted by Crippen LogP contribution is -2.40. The molecule has 7 heteroatoms. The molecule has 0 saturated heterocycles. The standard InChI is InChI=1S/C10H6BrF3N2O/c11-6-1-2-7-5(3-6)4-15-8(7)16-9(17)10(12,13)14/h1-3H,4H2,(H,15,16,17). The highest BCUT2D eigenvalue weighted by Gasteiger charge is 2.39. The molecule has 1 aliphatic rings. The van der Waals surface area contributed by atoms with Crippen LogP contribution < -0.4 is 5.32 Å². The van der Waals surface area contributed by atoms with Gasteiger partial charge in [-0.1, -0.05) is 15.9 Å². The normalized spacial score (nSPS) is 14.2. The Labute approximate surface area is 103 Å². The van der Waals surface area contributed by atoms with Crippen molar-refractivity contribution in [1.82, 2.24) is 5.32 Å². The number of benzene rings is 1. The number of nitrogens with zero attached hydrogens (tertiary/aromatic N) is 1. The molecule has 0 atom stereocenters. The fourth-order valence-corrected chi connectivity index (χ4v) is 1.87. The van der Waals surface area contributed by atoms with Crippen molar-refractivity contribution < 1.29 is 18.0 Å². The summed E-state index contributed by atoms with van der Waals surface area (Å²) in [5.41, 5.74) is 1.29. The Morgan fingerprint density at radius 3 is 2.76 bits per heavy atom. The van der Waals surface area contributed by atoms with E-state index in [1.54, 1.807) is 23.5 Å². The Hall–Kier alpha value is -1.37. The maximum absolute atomic E-state index is 12.1. The van der Waals surface area contributed by atoms with Gasteiger partial charge < -0.3 is 5.32 Å². The molecule has 1 aliphatic heterocycles. The SMILES string of the molecule is O=C(NC1=NCc2cc(Br)ccc21)C(F)(F)F. The van der Waals surface area contributed by atoms with Gasteiger partial charge in [0.1, 0.15) is 5.84 Å². The van der Waals surface area contributed by atoms with Crippen molar-refractivity contribution in [2.24, 2.45) is 4.99 Å². The number of carbonyl (C=O) groups is 1. The highest BCUT2D eigenvalue weighted by molar-refractivity contribution is 9.10. The third kappa shape index (κ3) is 2.49. The first-order valence-electron chi connectivity index (χ1n) is 4.59. The van der Waals surface area contributed by atoms with E-state index in [-0.39, 0.29) is 12.4 Å². The lowest BCUT2D eigenvalue weighted by Gasteiger charge is -2.08. The summed E-state index contributed by atoms with van der Waals surface area (Å²) in [7, 11) is 0. The van der Waals surface area contributed by atoms with E-state index in [2.05, 4.69) is 20.9 Å². The van der Waals surface area contributed by atoms with Crippen LogP contribution >= 0.6 is 15.9 Å². The predicted molar refractivity (Wildman–Crippen MR) is 58.6 cm³/mol. The maximum Gasteiger partial charge on any atom is 0.471 e. The summed E-state index contributed by atoms with van der Waals surface area (Å²) in [5, 5.41) is 1.77. The van der Waals surface area contributed by atoms with Crippen LogP contribution in [0.5, 0.6) is 0 Å². The average Bonchev–Trinajstić information content (AvgIpc) is 2.59. The van der Waals surface area contributed by atoms with Gasteiger partial charge in [0.25, 0.3) is 0 Å². The minimum absolute atomic E-state index is 0.0326. The number of amides is 1. The van der Waals surface area contributed by atoms with E-state index >= 15 is 0 Å². The molecule has 3 nitrogen and oxygen atoms in total. The highest BCUT2D eigenvalue weighted by Crippen LogP contribution is 2.23. The molecule has 0 aliphatic carbocycles. The Morgan fingerprint density at radius 2 is 2.12 bits per heavy atom. The third-order valence-electron chi connectivity index (χ3n) is 2.22. The first-order valence-corrected chi connectivity index (χ1v) is 5.38. The van der Waals surface area contributed by atoms with Gasteiger partial charge in [-0.05, 0) is 23.8 Å². The summed E-state index contributed by atoms with van der Waals surface area (Å²) < 4.78 is 37.0. The van der Waals surface area contributed by atoms with Gasteiger partial charge in [-0.25, -0.2) is 0 Å². The summed E-state index contributed by atoms with van der Waals surface area (Å²) in [4.78, 5) is 14.6. The van der Waals surface area contributed by atoms with Crippen molar-refractivity contribution in [3.63, 3.8) is 0 Å². The van der Waals surface area contributed by atoms with Gasteiger partial charge in [-0.15, -0.1) is 0 Å². The number of hydrogen-bond acceptors (Lipinski definition) is 2. The molecule has 0 fully saturated rings. The molecule has 0 saturated carbocycles. The summed E-state index contributed by atoms with van der Waals surface area (Å²) in [5.74, 6) is -2.04. The number of alkyl halides is 3. The van der Waals surface area contributed by atoms with Crippen molar-refractivity contribution in [1.29, 1.82) is 0 Å². The molecule has 1 N–H and O–H groups in total. The van der Waals surface area contributed by atoms with Crippen molar-refractivity contribution in [2.45, 2.75) is 12.7 Å². The van der Waals surface area contributed by atoms with Crippen molar-refractivity contribution in [3.05, 3.63) is 33.8 Å². The molecule has 0 unspecified atom stereocenters. The van der Waals surface area contributed by atoms with E-state index in [1.165, 1.54) is 0 Å². The lowest BCUT2D eigenvalue weighted by molar-refractivity contribution is -0.171. The van der Waals surface area contributed by atoms with Crippen LogP contribution in [0.3, 0.4) is 0 Å². The van der Waals surface area contributed by atoms with Crippen molar-refractivity contribution in [2.75, 3.05) is 0 Å².